The lowest BCUT2D eigenvalue weighted by Gasteiger charge is -2.28. The van der Waals surface area contributed by atoms with E-state index in [0.717, 1.165) is 10.9 Å². The molecule has 0 atom stereocenters. The monoisotopic (exact) mass is 584 g/mol. The Labute approximate surface area is 250 Å². The van der Waals surface area contributed by atoms with Crippen molar-refractivity contribution >= 4 is 29.0 Å². The van der Waals surface area contributed by atoms with Crippen LogP contribution in [0.3, 0.4) is 0 Å². The number of alkyl carbamates (subject to hydrolysis) is 1. The van der Waals surface area contributed by atoms with E-state index in [-0.39, 0.29) is 0 Å². The molecule has 0 fully saturated rings. The van der Waals surface area contributed by atoms with Gasteiger partial charge in [-0.05, 0) is 91.6 Å². The molecule has 0 bridgehead atoms. The maximum atomic E-state index is 12.5. The second kappa shape index (κ2) is 12.1. The van der Waals surface area contributed by atoms with Crippen molar-refractivity contribution in [1.29, 1.82) is 0 Å². The van der Waals surface area contributed by atoms with Crippen LogP contribution in [0.1, 0.15) is 66.6 Å². The van der Waals surface area contributed by atoms with Gasteiger partial charge in [-0.3, -0.25) is 0 Å². The van der Waals surface area contributed by atoms with E-state index in [9.17, 15) is 9.59 Å². The average Bonchev–Trinajstić information content (AvgIpc) is 3.32. The highest BCUT2D eigenvalue weighted by atomic mass is 16.6. The van der Waals surface area contributed by atoms with E-state index in [1.54, 1.807) is 57.6 Å². The fraction of sp³-hybridized carbons (Fsp3) is 0.387. The molecule has 2 N–H and O–H groups in total. The third-order valence-corrected chi connectivity index (χ3v) is 5.54. The third kappa shape index (κ3) is 8.97. The number of hydrogen-bond donors (Lipinski definition) is 2. The molecule has 0 unspecified atom stereocenters. The van der Waals surface area contributed by atoms with Crippen molar-refractivity contribution in [3.8, 4) is 23.4 Å². The summed E-state index contributed by atoms with van der Waals surface area (Å²) in [7, 11) is 0. The maximum absolute atomic E-state index is 12.5. The zero-order valence-corrected chi connectivity index (χ0v) is 25.6. The van der Waals surface area contributed by atoms with Crippen LogP contribution in [0.5, 0.6) is 0 Å². The zero-order valence-electron chi connectivity index (χ0n) is 25.6. The molecule has 0 aliphatic carbocycles. The van der Waals surface area contributed by atoms with Gasteiger partial charge in [0.2, 0.25) is 5.95 Å². The predicted molar refractivity (Wildman–Crippen MR) is 162 cm³/mol. The van der Waals surface area contributed by atoms with Crippen LogP contribution in [0.2, 0.25) is 0 Å². The molecule has 0 aliphatic heterocycles. The van der Waals surface area contributed by atoms with Crippen LogP contribution in [0.4, 0.5) is 15.5 Å². The van der Waals surface area contributed by atoms with E-state index in [0.29, 0.717) is 35.2 Å². The lowest BCUT2D eigenvalue weighted by atomic mass is 10.1. The van der Waals surface area contributed by atoms with Gasteiger partial charge in [0, 0.05) is 29.9 Å². The zero-order chi connectivity index (χ0) is 31.4. The Bertz CT molecular complexity index is 1700. The minimum Gasteiger partial charge on any atom is -0.444 e. The van der Waals surface area contributed by atoms with E-state index >= 15 is 0 Å². The summed E-state index contributed by atoms with van der Waals surface area (Å²) in [6.45, 7) is 14.9. The van der Waals surface area contributed by atoms with Crippen molar-refractivity contribution in [2.45, 2.75) is 72.1 Å². The highest BCUT2D eigenvalue weighted by molar-refractivity contribution is 5.88. The summed E-state index contributed by atoms with van der Waals surface area (Å²) in [5.74, 6) is 6.91. The minimum atomic E-state index is -0.634. The first-order chi connectivity index (χ1) is 20.1. The SMILES string of the molecule is CC(C)(CNc1nccc(-c2nccc(C#Cc3ccc4c(cnn4C(=O)OC(C)(C)C)c3)n2)n1)NC(=O)OC(C)(C)C. The molecule has 12 heteroatoms. The number of nitrogens with zero attached hydrogens (tertiary/aromatic N) is 6. The first-order valence-corrected chi connectivity index (χ1v) is 13.7. The van der Waals surface area contributed by atoms with Crippen LogP contribution in [-0.2, 0) is 9.47 Å². The Balaban J connectivity index is 1.45. The number of amides is 1. The summed E-state index contributed by atoms with van der Waals surface area (Å²) < 4.78 is 12.0. The van der Waals surface area contributed by atoms with Gasteiger partial charge in [0.25, 0.3) is 0 Å². The normalized spacial score (nSPS) is 11.8. The van der Waals surface area contributed by atoms with Crippen molar-refractivity contribution < 1.29 is 19.1 Å². The second-order valence-corrected chi connectivity index (χ2v) is 12.5. The average molecular weight is 585 g/mol. The molecule has 224 valence electrons. The van der Waals surface area contributed by atoms with Crippen molar-refractivity contribution in [3.05, 3.63) is 60.2 Å². The van der Waals surface area contributed by atoms with E-state index in [1.165, 1.54) is 4.68 Å². The van der Waals surface area contributed by atoms with Gasteiger partial charge in [-0.15, -0.1) is 0 Å². The number of ether oxygens (including phenoxy) is 2. The van der Waals surface area contributed by atoms with Gasteiger partial charge in [-0.2, -0.15) is 9.78 Å². The van der Waals surface area contributed by atoms with Gasteiger partial charge < -0.3 is 20.1 Å². The fourth-order valence-corrected chi connectivity index (χ4v) is 3.74. The topological polar surface area (TPSA) is 146 Å². The first-order valence-electron chi connectivity index (χ1n) is 13.7. The number of carbonyl (C=O) groups excluding carboxylic acids is 2. The molecule has 0 radical (unpaired) electrons. The molecule has 0 saturated carbocycles. The number of nitrogens with one attached hydrogen (secondary N) is 2. The molecule has 0 aliphatic rings. The summed E-state index contributed by atoms with van der Waals surface area (Å²) in [5, 5.41) is 10.9. The molecule has 4 aromatic rings. The van der Waals surface area contributed by atoms with Gasteiger partial charge in [-0.25, -0.2) is 29.5 Å². The second-order valence-electron chi connectivity index (χ2n) is 12.5. The molecule has 43 heavy (non-hydrogen) atoms. The Hall–Kier alpha value is -5.05. The summed E-state index contributed by atoms with van der Waals surface area (Å²) >= 11 is 0. The Morgan fingerprint density at radius 2 is 1.60 bits per heavy atom. The van der Waals surface area contributed by atoms with E-state index in [2.05, 4.69) is 47.5 Å². The minimum absolute atomic E-state index is 0.350. The highest BCUT2D eigenvalue weighted by Gasteiger charge is 2.25. The summed E-state index contributed by atoms with van der Waals surface area (Å²) in [6.07, 6.45) is 3.77. The Morgan fingerprint density at radius 1 is 0.884 bits per heavy atom. The number of carbonyl (C=O) groups is 2. The summed E-state index contributed by atoms with van der Waals surface area (Å²) in [4.78, 5) is 42.4. The van der Waals surface area contributed by atoms with Gasteiger partial charge in [0.15, 0.2) is 5.82 Å². The van der Waals surface area contributed by atoms with Crippen molar-refractivity contribution in [3.63, 3.8) is 0 Å². The Morgan fingerprint density at radius 3 is 2.33 bits per heavy atom. The molecule has 3 heterocycles. The van der Waals surface area contributed by atoms with Crippen LogP contribution in [0, 0.1) is 11.8 Å². The van der Waals surface area contributed by atoms with Crippen LogP contribution < -0.4 is 10.6 Å². The lowest BCUT2D eigenvalue weighted by molar-refractivity contribution is 0.0474. The molecule has 1 amide bonds. The van der Waals surface area contributed by atoms with Gasteiger partial charge in [0.05, 0.1) is 17.3 Å². The van der Waals surface area contributed by atoms with Gasteiger partial charge in [0.1, 0.15) is 22.6 Å². The first kappa shape index (κ1) is 30.9. The van der Waals surface area contributed by atoms with E-state index < -0.39 is 28.9 Å². The van der Waals surface area contributed by atoms with Crippen molar-refractivity contribution in [1.82, 2.24) is 35.0 Å². The predicted octanol–water partition coefficient (Wildman–Crippen LogP) is 5.18. The van der Waals surface area contributed by atoms with Crippen molar-refractivity contribution in [2.24, 2.45) is 0 Å². The smallest absolute Gasteiger partial charge is 0.435 e. The largest absolute Gasteiger partial charge is 0.444 e. The number of rotatable bonds is 5. The number of anilines is 1. The molecule has 1 aromatic carbocycles. The summed E-state index contributed by atoms with van der Waals surface area (Å²) in [6, 6.07) is 8.85. The molecule has 0 spiro atoms. The van der Waals surface area contributed by atoms with E-state index in [4.69, 9.17) is 9.47 Å². The highest BCUT2D eigenvalue weighted by Crippen LogP contribution is 2.18. The quantitative estimate of drug-likeness (QED) is 0.301. The van der Waals surface area contributed by atoms with Crippen LogP contribution in [0.25, 0.3) is 22.4 Å². The third-order valence-electron chi connectivity index (χ3n) is 5.54. The standard InChI is InChI=1S/C31H36N8O4/c1-29(2,3)42-27(40)38-31(7,8)19-34-26-33-16-14-23(37-26)25-32-15-13-22(36-25)11-9-20-10-12-24-21(17-20)18-35-39(24)28(41)43-30(4,5)6/h10,12-18H,19H2,1-8H3,(H,38,40)(H,33,34,37). The van der Waals surface area contributed by atoms with Gasteiger partial charge in [-0.1, -0.05) is 5.92 Å². The van der Waals surface area contributed by atoms with E-state index in [1.807, 2.05) is 46.8 Å². The van der Waals surface area contributed by atoms with Crippen LogP contribution in [0.15, 0.2) is 48.9 Å². The van der Waals surface area contributed by atoms with Crippen LogP contribution >= 0.6 is 0 Å². The number of hydrogen-bond acceptors (Lipinski definition) is 10. The molecule has 0 saturated heterocycles. The lowest BCUT2D eigenvalue weighted by Crippen LogP contribution is -2.50. The molecule has 4 rings (SSSR count). The van der Waals surface area contributed by atoms with Crippen LogP contribution in [-0.4, -0.2) is 65.2 Å². The molecule has 12 nitrogen and oxygen atoms in total. The summed E-state index contributed by atoms with van der Waals surface area (Å²) in [5.41, 5.74) is 0.517. The maximum Gasteiger partial charge on any atom is 0.435 e. The van der Waals surface area contributed by atoms with Crippen molar-refractivity contribution in [2.75, 3.05) is 11.9 Å². The molecular formula is C31H36N8O4. The van der Waals surface area contributed by atoms with Gasteiger partial charge >= 0.3 is 12.2 Å². The number of fused-ring (bicyclic) bond motifs is 1. The fourth-order valence-electron chi connectivity index (χ4n) is 3.74. The molecule has 3 aromatic heterocycles. The number of benzene rings is 1. The Kier molecular flexibility index (Phi) is 8.66. The molecular weight excluding hydrogens is 548 g/mol. The number of aromatic nitrogens is 6.